The van der Waals surface area contributed by atoms with Crippen molar-refractivity contribution in [3.05, 3.63) is 81.3 Å². The van der Waals surface area contributed by atoms with Crippen molar-refractivity contribution in [3.63, 3.8) is 0 Å². The number of hydrogen-bond donors (Lipinski definition) is 0. The van der Waals surface area contributed by atoms with Gasteiger partial charge in [-0.05, 0) is 51.4 Å². The quantitative estimate of drug-likeness (QED) is 0.285. The summed E-state index contributed by atoms with van der Waals surface area (Å²) in [6.07, 6.45) is 6.10. The molecule has 1 aromatic heterocycles. The van der Waals surface area contributed by atoms with Crippen LogP contribution in [0, 0.1) is 16.0 Å². The van der Waals surface area contributed by atoms with Crippen LogP contribution in [0.4, 0.5) is 5.69 Å². The summed E-state index contributed by atoms with van der Waals surface area (Å²) in [6.45, 7) is 5.71. The summed E-state index contributed by atoms with van der Waals surface area (Å²) in [6, 6.07) is 9.62. The zero-order valence-corrected chi connectivity index (χ0v) is 21.8. The number of hydrogen-bond acceptors (Lipinski definition) is 9. The molecule has 0 radical (unpaired) electrons. The number of benzene rings is 1. The van der Waals surface area contributed by atoms with Gasteiger partial charge < -0.3 is 9.47 Å². The minimum atomic E-state index is -0.938. The van der Waals surface area contributed by atoms with Crippen molar-refractivity contribution >= 4 is 23.3 Å². The third-order valence-corrected chi connectivity index (χ3v) is 7.12. The molecule has 0 bridgehead atoms. The van der Waals surface area contributed by atoms with Crippen LogP contribution in [0.15, 0.2) is 65.1 Å². The maximum absolute atomic E-state index is 13.9. The van der Waals surface area contributed by atoms with Crippen molar-refractivity contribution in [2.75, 3.05) is 26.7 Å². The monoisotopic (exact) mass is 520 g/mol. The van der Waals surface area contributed by atoms with Gasteiger partial charge in [0.15, 0.2) is 0 Å². The fourth-order valence-electron chi connectivity index (χ4n) is 5.27. The van der Waals surface area contributed by atoms with Gasteiger partial charge in [-0.1, -0.05) is 24.6 Å². The third kappa shape index (κ3) is 5.96. The molecule has 3 atom stereocenters. The number of pyridine rings is 1. The highest BCUT2D eigenvalue weighted by molar-refractivity contribution is 6.07. The number of carbonyl (C=O) groups is 2. The average molecular weight is 521 g/mol. The molecular weight excluding hydrogens is 488 g/mol. The second-order valence-electron chi connectivity index (χ2n) is 9.62. The van der Waals surface area contributed by atoms with E-state index in [4.69, 9.17) is 9.47 Å². The van der Waals surface area contributed by atoms with Gasteiger partial charge in [-0.2, -0.15) is 0 Å². The van der Waals surface area contributed by atoms with Crippen LogP contribution in [0.3, 0.4) is 0 Å². The van der Waals surface area contributed by atoms with Gasteiger partial charge in [0.05, 0.1) is 17.6 Å². The molecule has 4 rings (SSSR count). The van der Waals surface area contributed by atoms with Crippen molar-refractivity contribution < 1.29 is 24.0 Å². The lowest BCUT2D eigenvalue weighted by atomic mass is 9.75. The number of methoxy groups -OCH3 is 1. The van der Waals surface area contributed by atoms with E-state index in [1.165, 1.54) is 31.7 Å². The van der Waals surface area contributed by atoms with Gasteiger partial charge >= 0.3 is 11.9 Å². The summed E-state index contributed by atoms with van der Waals surface area (Å²) >= 11 is 0. The summed E-state index contributed by atoms with van der Waals surface area (Å²) < 4.78 is 11.2. The van der Waals surface area contributed by atoms with Crippen molar-refractivity contribution in [2.24, 2.45) is 10.9 Å². The van der Waals surface area contributed by atoms with E-state index in [1.54, 1.807) is 38.4 Å². The van der Waals surface area contributed by atoms with Crippen molar-refractivity contribution in [1.82, 2.24) is 9.88 Å². The SMILES string of the molecule is COC(=O)C1C(C)=NC(C)=C(C(=O)OC(CN2CCCCC2)c2cccnc2)C1c1cccc([N+](=O)[O-])c1. The van der Waals surface area contributed by atoms with E-state index >= 15 is 0 Å². The fourth-order valence-corrected chi connectivity index (χ4v) is 5.27. The Morgan fingerprint density at radius 3 is 2.58 bits per heavy atom. The van der Waals surface area contributed by atoms with E-state index in [9.17, 15) is 19.7 Å². The summed E-state index contributed by atoms with van der Waals surface area (Å²) in [5.41, 5.74) is 2.08. The summed E-state index contributed by atoms with van der Waals surface area (Å²) in [5, 5.41) is 11.5. The summed E-state index contributed by atoms with van der Waals surface area (Å²) in [5.74, 6) is -3.02. The maximum atomic E-state index is 13.9. The van der Waals surface area contributed by atoms with Crippen LogP contribution >= 0.6 is 0 Å². The Morgan fingerprint density at radius 1 is 1.16 bits per heavy atom. The molecule has 1 fully saturated rings. The largest absolute Gasteiger partial charge is 0.468 e. The Labute approximate surface area is 221 Å². The van der Waals surface area contributed by atoms with E-state index in [0.717, 1.165) is 31.5 Å². The Hall–Kier alpha value is -3.92. The molecule has 1 aromatic carbocycles. The van der Waals surface area contributed by atoms with Crippen LogP contribution in [-0.2, 0) is 19.1 Å². The maximum Gasteiger partial charge on any atom is 0.337 e. The van der Waals surface area contributed by atoms with Gasteiger partial charge in [0.2, 0.25) is 0 Å². The number of nitro benzene ring substituents is 1. The van der Waals surface area contributed by atoms with Crippen LogP contribution in [0.1, 0.15) is 56.3 Å². The van der Waals surface area contributed by atoms with Crippen molar-refractivity contribution in [2.45, 2.75) is 45.1 Å². The Balaban J connectivity index is 1.74. The number of rotatable bonds is 8. The van der Waals surface area contributed by atoms with E-state index in [0.29, 0.717) is 23.5 Å². The number of nitro groups is 1. The number of ether oxygens (including phenoxy) is 2. The van der Waals surface area contributed by atoms with Gasteiger partial charge in [0, 0.05) is 54.0 Å². The second-order valence-corrected chi connectivity index (χ2v) is 9.62. The number of aliphatic imine (C=N–C) groups is 1. The number of non-ortho nitro benzene ring substituents is 1. The normalized spacial score (nSPS) is 20.9. The van der Waals surface area contributed by atoms with Gasteiger partial charge in [-0.25, -0.2) is 4.79 Å². The highest BCUT2D eigenvalue weighted by Gasteiger charge is 2.43. The predicted molar refractivity (Wildman–Crippen MR) is 141 cm³/mol. The van der Waals surface area contributed by atoms with E-state index in [-0.39, 0.29) is 11.3 Å². The Kier molecular flexibility index (Phi) is 8.62. The van der Waals surface area contributed by atoms with Gasteiger partial charge in [-0.15, -0.1) is 0 Å². The molecule has 2 aliphatic rings. The number of allylic oxidation sites excluding steroid dienone is 1. The summed E-state index contributed by atoms with van der Waals surface area (Å²) in [7, 11) is 1.26. The topological polar surface area (TPSA) is 124 Å². The fraction of sp³-hybridized carbons (Fsp3) is 0.429. The predicted octanol–water partition coefficient (Wildman–Crippen LogP) is 4.38. The first-order valence-electron chi connectivity index (χ1n) is 12.7. The summed E-state index contributed by atoms with van der Waals surface area (Å²) in [4.78, 5) is 48.9. The smallest absolute Gasteiger partial charge is 0.337 e. The molecule has 1 saturated heterocycles. The van der Waals surface area contributed by atoms with Gasteiger partial charge in [0.1, 0.15) is 12.0 Å². The molecule has 0 saturated carbocycles. The highest BCUT2D eigenvalue weighted by atomic mass is 16.6. The third-order valence-electron chi connectivity index (χ3n) is 7.12. The first-order chi connectivity index (χ1) is 18.3. The molecule has 3 heterocycles. The molecule has 3 unspecified atom stereocenters. The standard InChI is InChI=1S/C28H32N4O6/c1-18-24(27(33)37-3)26(20-9-7-11-22(15-20)32(35)36)25(19(2)30-18)28(34)38-23(21-10-8-12-29-16-21)17-31-13-5-4-6-14-31/h7-12,15-16,23-24,26H,4-6,13-14,17H2,1-3H3. The number of esters is 2. The molecular formula is C28H32N4O6. The lowest BCUT2D eigenvalue weighted by Crippen LogP contribution is -2.38. The van der Waals surface area contributed by atoms with Crippen LogP contribution in [0.25, 0.3) is 0 Å². The first kappa shape index (κ1) is 27.1. The second kappa shape index (κ2) is 12.1. The molecule has 0 spiro atoms. The van der Waals surface area contributed by atoms with E-state index in [1.807, 2.05) is 6.07 Å². The Morgan fingerprint density at radius 2 is 1.92 bits per heavy atom. The number of aromatic nitrogens is 1. The number of carbonyl (C=O) groups excluding carboxylic acids is 2. The van der Waals surface area contributed by atoms with Gasteiger partial charge in [-0.3, -0.25) is 29.8 Å². The lowest BCUT2D eigenvalue weighted by molar-refractivity contribution is -0.384. The molecule has 200 valence electrons. The Bertz CT molecular complexity index is 1250. The van der Waals surface area contributed by atoms with Gasteiger partial charge in [0.25, 0.3) is 5.69 Å². The van der Waals surface area contributed by atoms with Crippen LogP contribution in [0.5, 0.6) is 0 Å². The number of nitrogens with zero attached hydrogens (tertiary/aromatic N) is 4. The van der Waals surface area contributed by atoms with Crippen molar-refractivity contribution in [3.8, 4) is 0 Å². The van der Waals surface area contributed by atoms with Crippen LogP contribution < -0.4 is 0 Å². The molecule has 2 aromatic rings. The van der Waals surface area contributed by atoms with Crippen LogP contribution in [-0.4, -0.2) is 59.2 Å². The molecule has 10 nitrogen and oxygen atoms in total. The zero-order valence-electron chi connectivity index (χ0n) is 21.8. The lowest BCUT2D eigenvalue weighted by Gasteiger charge is -2.33. The number of likely N-dealkylation sites (tertiary alicyclic amines) is 1. The molecule has 38 heavy (non-hydrogen) atoms. The first-order valence-corrected chi connectivity index (χ1v) is 12.7. The minimum Gasteiger partial charge on any atom is -0.468 e. The van der Waals surface area contributed by atoms with Crippen LogP contribution in [0.2, 0.25) is 0 Å². The highest BCUT2D eigenvalue weighted by Crippen LogP contribution is 2.41. The van der Waals surface area contributed by atoms with Crippen molar-refractivity contribution in [1.29, 1.82) is 0 Å². The molecule has 0 amide bonds. The number of piperidine rings is 1. The molecule has 10 heteroatoms. The molecule has 0 aliphatic carbocycles. The molecule has 2 aliphatic heterocycles. The molecule has 0 N–H and O–H groups in total. The van der Waals surface area contributed by atoms with E-state index < -0.39 is 34.8 Å². The average Bonchev–Trinajstić information content (AvgIpc) is 2.93. The van der Waals surface area contributed by atoms with E-state index in [2.05, 4.69) is 14.9 Å². The zero-order chi connectivity index (χ0) is 27.2. The minimum absolute atomic E-state index is 0.144.